The van der Waals surface area contributed by atoms with Crippen LogP contribution in [0.1, 0.15) is 31.9 Å². The predicted molar refractivity (Wildman–Crippen MR) is 72.3 cm³/mol. The van der Waals surface area contributed by atoms with Crippen LogP contribution in [0.4, 0.5) is 4.79 Å². The quantitative estimate of drug-likeness (QED) is 0.782. The van der Waals surface area contributed by atoms with Gasteiger partial charge in [0.1, 0.15) is 5.75 Å². The van der Waals surface area contributed by atoms with E-state index in [-0.39, 0.29) is 23.9 Å². The Labute approximate surface area is 112 Å². The molecule has 5 heteroatoms. The topological polar surface area (TPSA) is 72.8 Å². The largest absolute Gasteiger partial charge is 0.508 e. The summed E-state index contributed by atoms with van der Waals surface area (Å²) in [6.45, 7) is 4.63. The summed E-state index contributed by atoms with van der Waals surface area (Å²) in [6, 6.07) is 6.59. The van der Waals surface area contributed by atoms with Gasteiger partial charge in [0.2, 0.25) is 0 Å². The first-order valence-electron chi connectivity index (χ1n) is 6.55. The molecule has 1 amide bonds. The standard InChI is InChI=1S/C14H20N2O3/c1-9-12(7-8-15-9)16(14(18)19)10(2)11-5-3-4-6-13(11)17/h3-6,9-10,12,15,17H,7-8H2,1-2H3,(H,18,19)/t9?,10-,12+/m0/s1. The van der Waals surface area contributed by atoms with Crippen molar-refractivity contribution in [3.63, 3.8) is 0 Å². The summed E-state index contributed by atoms with van der Waals surface area (Å²) in [5.41, 5.74) is 0.643. The summed E-state index contributed by atoms with van der Waals surface area (Å²) in [7, 11) is 0. The molecule has 1 aliphatic heterocycles. The fourth-order valence-corrected chi connectivity index (χ4v) is 2.81. The lowest BCUT2D eigenvalue weighted by atomic mass is 10.0. The van der Waals surface area contributed by atoms with E-state index < -0.39 is 6.09 Å². The molecule has 104 valence electrons. The fraction of sp³-hybridized carbons (Fsp3) is 0.500. The Morgan fingerprint density at radius 1 is 1.47 bits per heavy atom. The summed E-state index contributed by atoms with van der Waals surface area (Å²) < 4.78 is 0. The average molecular weight is 264 g/mol. The number of phenolic OH excluding ortho intramolecular Hbond substituents is 1. The molecular weight excluding hydrogens is 244 g/mol. The van der Waals surface area contributed by atoms with E-state index in [0.29, 0.717) is 5.56 Å². The molecule has 3 N–H and O–H groups in total. The molecule has 1 aromatic rings. The highest BCUT2D eigenvalue weighted by molar-refractivity contribution is 5.66. The van der Waals surface area contributed by atoms with Gasteiger partial charge in [0, 0.05) is 11.6 Å². The van der Waals surface area contributed by atoms with Crippen LogP contribution in [0.15, 0.2) is 24.3 Å². The van der Waals surface area contributed by atoms with Gasteiger partial charge in [-0.15, -0.1) is 0 Å². The van der Waals surface area contributed by atoms with Gasteiger partial charge in [-0.3, -0.25) is 4.90 Å². The van der Waals surface area contributed by atoms with E-state index in [0.717, 1.165) is 13.0 Å². The third kappa shape index (κ3) is 2.66. The monoisotopic (exact) mass is 264 g/mol. The van der Waals surface area contributed by atoms with Crippen molar-refractivity contribution in [1.82, 2.24) is 10.2 Å². The van der Waals surface area contributed by atoms with E-state index in [1.54, 1.807) is 18.2 Å². The van der Waals surface area contributed by atoms with Gasteiger partial charge >= 0.3 is 6.09 Å². The van der Waals surface area contributed by atoms with E-state index in [1.807, 2.05) is 19.9 Å². The Kier molecular flexibility index (Phi) is 3.95. The maximum atomic E-state index is 11.6. The number of para-hydroxylation sites is 1. The van der Waals surface area contributed by atoms with Gasteiger partial charge < -0.3 is 15.5 Å². The molecule has 0 spiro atoms. The molecule has 5 nitrogen and oxygen atoms in total. The molecule has 0 radical (unpaired) electrons. The molecule has 1 aliphatic rings. The van der Waals surface area contributed by atoms with Crippen LogP contribution in [0.5, 0.6) is 5.75 Å². The van der Waals surface area contributed by atoms with Crippen LogP contribution in [0, 0.1) is 0 Å². The number of carboxylic acid groups (broad SMARTS) is 1. The minimum Gasteiger partial charge on any atom is -0.508 e. The van der Waals surface area contributed by atoms with Crippen molar-refractivity contribution in [2.24, 2.45) is 0 Å². The van der Waals surface area contributed by atoms with Crippen LogP contribution >= 0.6 is 0 Å². The van der Waals surface area contributed by atoms with Crippen molar-refractivity contribution in [1.29, 1.82) is 0 Å². The minimum absolute atomic E-state index is 0.0629. The van der Waals surface area contributed by atoms with Crippen molar-refractivity contribution in [2.45, 2.75) is 38.4 Å². The Hall–Kier alpha value is -1.75. The number of nitrogens with zero attached hydrogens (tertiary/aromatic N) is 1. The maximum absolute atomic E-state index is 11.6. The summed E-state index contributed by atoms with van der Waals surface area (Å²) >= 11 is 0. The second-order valence-electron chi connectivity index (χ2n) is 5.02. The van der Waals surface area contributed by atoms with Gasteiger partial charge in [-0.25, -0.2) is 4.79 Å². The van der Waals surface area contributed by atoms with Crippen LogP contribution in [0.3, 0.4) is 0 Å². The number of rotatable bonds is 3. The maximum Gasteiger partial charge on any atom is 0.408 e. The molecule has 0 saturated carbocycles. The molecular formula is C14H20N2O3. The van der Waals surface area contributed by atoms with E-state index in [2.05, 4.69) is 5.32 Å². The second kappa shape index (κ2) is 5.48. The molecule has 19 heavy (non-hydrogen) atoms. The number of benzene rings is 1. The number of hydrogen-bond donors (Lipinski definition) is 3. The lowest BCUT2D eigenvalue weighted by Gasteiger charge is -2.34. The molecule has 1 heterocycles. The Balaban J connectivity index is 2.29. The zero-order valence-corrected chi connectivity index (χ0v) is 11.2. The van der Waals surface area contributed by atoms with Crippen molar-refractivity contribution in [3.8, 4) is 5.75 Å². The number of carbonyl (C=O) groups is 1. The zero-order chi connectivity index (χ0) is 14.0. The van der Waals surface area contributed by atoms with Crippen LogP contribution in [0.25, 0.3) is 0 Å². The van der Waals surface area contributed by atoms with Crippen molar-refractivity contribution in [3.05, 3.63) is 29.8 Å². The lowest BCUT2D eigenvalue weighted by Crippen LogP contribution is -2.46. The van der Waals surface area contributed by atoms with Gasteiger partial charge in [0.25, 0.3) is 0 Å². The fourth-order valence-electron chi connectivity index (χ4n) is 2.81. The van der Waals surface area contributed by atoms with Crippen molar-refractivity contribution in [2.75, 3.05) is 6.54 Å². The molecule has 0 aromatic heterocycles. The Morgan fingerprint density at radius 3 is 2.68 bits per heavy atom. The van der Waals surface area contributed by atoms with Crippen LogP contribution < -0.4 is 5.32 Å². The Bertz CT molecular complexity index is 464. The van der Waals surface area contributed by atoms with Gasteiger partial charge in [-0.2, -0.15) is 0 Å². The summed E-state index contributed by atoms with van der Waals surface area (Å²) in [5, 5.41) is 22.6. The molecule has 2 rings (SSSR count). The van der Waals surface area contributed by atoms with Gasteiger partial charge in [-0.1, -0.05) is 18.2 Å². The SMILES string of the molecule is CC1NCC[C@H]1N(C(=O)O)[C@@H](C)c1ccccc1O. The second-order valence-corrected chi connectivity index (χ2v) is 5.02. The summed E-state index contributed by atoms with van der Waals surface area (Å²) in [4.78, 5) is 13.0. The third-order valence-electron chi connectivity index (χ3n) is 3.87. The van der Waals surface area contributed by atoms with Crippen LogP contribution in [-0.4, -0.2) is 39.8 Å². The number of amides is 1. The number of hydrogen-bond acceptors (Lipinski definition) is 3. The zero-order valence-electron chi connectivity index (χ0n) is 11.2. The van der Waals surface area contributed by atoms with E-state index >= 15 is 0 Å². The highest BCUT2D eigenvalue weighted by Gasteiger charge is 2.35. The lowest BCUT2D eigenvalue weighted by molar-refractivity contribution is 0.0983. The van der Waals surface area contributed by atoms with E-state index in [9.17, 15) is 15.0 Å². The molecule has 1 saturated heterocycles. The van der Waals surface area contributed by atoms with Gasteiger partial charge in [0.15, 0.2) is 0 Å². The third-order valence-corrected chi connectivity index (χ3v) is 3.87. The summed E-state index contributed by atoms with van der Waals surface area (Å²) in [5.74, 6) is 0.139. The highest BCUT2D eigenvalue weighted by Crippen LogP contribution is 2.31. The average Bonchev–Trinajstić information content (AvgIpc) is 2.76. The first kappa shape index (κ1) is 13.7. The van der Waals surface area contributed by atoms with Crippen LogP contribution in [-0.2, 0) is 0 Å². The smallest absolute Gasteiger partial charge is 0.408 e. The molecule has 1 aromatic carbocycles. The first-order chi connectivity index (χ1) is 9.02. The molecule has 1 unspecified atom stereocenters. The van der Waals surface area contributed by atoms with Crippen molar-refractivity contribution >= 4 is 6.09 Å². The molecule has 0 aliphatic carbocycles. The molecule has 0 bridgehead atoms. The van der Waals surface area contributed by atoms with Crippen molar-refractivity contribution < 1.29 is 15.0 Å². The Morgan fingerprint density at radius 2 is 2.16 bits per heavy atom. The van der Waals surface area contributed by atoms with E-state index in [1.165, 1.54) is 4.90 Å². The highest BCUT2D eigenvalue weighted by atomic mass is 16.4. The predicted octanol–water partition coefficient (Wildman–Crippen LogP) is 2.18. The normalized spacial score (nSPS) is 24.1. The molecule has 1 fully saturated rings. The summed E-state index contributed by atoms with van der Waals surface area (Å²) in [6.07, 6.45) is -0.151. The number of phenols is 1. The number of nitrogens with one attached hydrogen (secondary N) is 1. The number of aromatic hydroxyl groups is 1. The molecule has 3 atom stereocenters. The van der Waals surface area contributed by atoms with E-state index in [4.69, 9.17) is 0 Å². The first-order valence-corrected chi connectivity index (χ1v) is 6.55. The van der Waals surface area contributed by atoms with Gasteiger partial charge in [-0.05, 0) is 32.9 Å². The van der Waals surface area contributed by atoms with Crippen LogP contribution in [0.2, 0.25) is 0 Å². The minimum atomic E-state index is -0.948. The van der Waals surface area contributed by atoms with Gasteiger partial charge in [0.05, 0.1) is 12.1 Å².